The van der Waals surface area contributed by atoms with Gasteiger partial charge in [-0.1, -0.05) is 29.8 Å². The molecule has 0 unspecified atom stereocenters. The molecule has 0 aliphatic rings. The van der Waals surface area contributed by atoms with Gasteiger partial charge in [-0.05, 0) is 31.4 Å². The molecule has 0 fully saturated rings. The van der Waals surface area contributed by atoms with Crippen LogP contribution in [0.5, 0.6) is 0 Å². The summed E-state index contributed by atoms with van der Waals surface area (Å²) in [5.41, 5.74) is 2.99. The highest BCUT2D eigenvalue weighted by Gasteiger charge is 2.17. The number of carbonyl (C=O) groups is 1. The van der Waals surface area contributed by atoms with Gasteiger partial charge in [-0.2, -0.15) is 0 Å². The topological polar surface area (TPSA) is 68.0 Å². The lowest BCUT2D eigenvalue weighted by molar-refractivity contribution is 0.0949. The summed E-state index contributed by atoms with van der Waals surface area (Å²) >= 11 is 0. The first-order valence-corrected chi connectivity index (χ1v) is 8.01. The summed E-state index contributed by atoms with van der Waals surface area (Å²) in [5.74, 6) is -0.194. The first-order valence-electron chi connectivity index (χ1n) is 8.01. The maximum Gasteiger partial charge on any atom is 0.273 e. The molecule has 1 aromatic carbocycles. The van der Waals surface area contributed by atoms with Crippen LogP contribution in [0.15, 0.2) is 53.5 Å². The van der Waals surface area contributed by atoms with Crippen molar-refractivity contribution in [1.82, 2.24) is 15.3 Å². The zero-order chi connectivity index (χ0) is 17.6. The highest BCUT2D eigenvalue weighted by Crippen LogP contribution is 2.23. The van der Waals surface area contributed by atoms with E-state index < -0.39 is 0 Å². The van der Waals surface area contributed by atoms with E-state index in [1.54, 1.807) is 6.20 Å². The van der Waals surface area contributed by atoms with Crippen molar-refractivity contribution in [1.29, 1.82) is 0 Å². The zero-order valence-electron chi connectivity index (χ0n) is 13.8. The van der Waals surface area contributed by atoms with Gasteiger partial charge in [0.1, 0.15) is 5.82 Å². The number of nitrogens with one attached hydrogen (secondary N) is 1. The number of hydrogen-bond donors (Lipinski definition) is 1. The Morgan fingerprint density at radius 2 is 2.04 bits per heavy atom. The number of amides is 1. The summed E-state index contributed by atoms with van der Waals surface area (Å²) < 4.78 is 18.4. The van der Waals surface area contributed by atoms with Gasteiger partial charge in [0, 0.05) is 18.3 Å². The van der Waals surface area contributed by atoms with Gasteiger partial charge in [0.15, 0.2) is 17.8 Å². The molecule has 2 aromatic heterocycles. The Bertz CT molecular complexity index is 859. The summed E-state index contributed by atoms with van der Waals surface area (Å²) in [7, 11) is 0. The normalized spacial score (nSPS) is 10.6. The second-order valence-corrected chi connectivity index (χ2v) is 5.77. The van der Waals surface area contributed by atoms with Crippen molar-refractivity contribution in [3.8, 4) is 11.3 Å². The number of nitrogens with zero attached hydrogens (tertiary/aromatic N) is 2. The Morgan fingerprint density at radius 1 is 1.24 bits per heavy atom. The lowest BCUT2D eigenvalue weighted by Gasteiger charge is -2.05. The molecule has 3 aromatic rings. The van der Waals surface area contributed by atoms with E-state index in [2.05, 4.69) is 15.3 Å². The van der Waals surface area contributed by atoms with Crippen LogP contribution in [0.3, 0.4) is 0 Å². The van der Waals surface area contributed by atoms with Crippen molar-refractivity contribution in [2.24, 2.45) is 0 Å². The van der Waals surface area contributed by atoms with E-state index in [-0.39, 0.29) is 17.4 Å². The molecule has 6 heteroatoms. The summed E-state index contributed by atoms with van der Waals surface area (Å²) in [5, 5.41) is 2.82. The molecule has 0 spiro atoms. The highest BCUT2D eigenvalue weighted by atomic mass is 19.1. The predicted octanol–water partition coefficient (Wildman–Crippen LogP) is 3.55. The fourth-order valence-electron chi connectivity index (χ4n) is 2.49. The summed E-state index contributed by atoms with van der Waals surface area (Å²) in [6.07, 6.45) is 5.37. The Kier molecular flexibility index (Phi) is 5.18. The Morgan fingerprint density at radius 3 is 2.80 bits per heavy atom. The van der Waals surface area contributed by atoms with Gasteiger partial charge in [-0.25, -0.2) is 9.37 Å². The molecular formula is C19H18FN3O2. The summed E-state index contributed by atoms with van der Waals surface area (Å²) in [6, 6.07) is 9.13. The third-order valence-corrected chi connectivity index (χ3v) is 3.79. The molecule has 0 saturated carbocycles. The number of oxazole rings is 1. The number of aromatic nitrogens is 2. The third-order valence-electron chi connectivity index (χ3n) is 3.79. The second kappa shape index (κ2) is 7.70. The zero-order valence-corrected chi connectivity index (χ0v) is 13.8. The van der Waals surface area contributed by atoms with Crippen LogP contribution in [0.1, 0.15) is 28.0 Å². The minimum absolute atomic E-state index is 0.260. The maximum atomic E-state index is 13.1. The van der Waals surface area contributed by atoms with Gasteiger partial charge in [-0.15, -0.1) is 0 Å². The van der Waals surface area contributed by atoms with E-state index in [4.69, 9.17) is 4.42 Å². The molecule has 0 atom stereocenters. The molecule has 2 heterocycles. The van der Waals surface area contributed by atoms with Crippen LogP contribution in [0.25, 0.3) is 11.3 Å². The largest absolute Gasteiger partial charge is 0.443 e. The Labute approximate surface area is 144 Å². The summed E-state index contributed by atoms with van der Waals surface area (Å²) in [4.78, 5) is 20.2. The van der Waals surface area contributed by atoms with Crippen LogP contribution in [-0.2, 0) is 6.42 Å². The number of pyridine rings is 1. The van der Waals surface area contributed by atoms with E-state index in [9.17, 15) is 9.18 Å². The average Bonchev–Trinajstić information content (AvgIpc) is 3.09. The molecule has 25 heavy (non-hydrogen) atoms. The van der Waals surface area contributed by atoms with E-state index in [1.165, 1.54) is 18.7 Å². The molecule has 5 nitrogen and oxygen atoms in total. The molecule has 0 radical (unpaired) electrons. The molecule has 128 valence electrons. The van der Waals surface area contributed by atoms with Crippen molar-refractivity contribution in [3.05, 3.63) is 71.8 Å². The Balaban J connectivity index is 1.57. The van der Waals surface area contributed by atoms with Crippen LogP contribution < -0.4 is 5.32 Å². The van der Waals surface area contributed by atoms with Crippen LogP contribution in [0.4, 0.5) is 4.39 Å². The van der Waals surface area contributed by atoms with E-state index in [1.807, 2.05) is 31.2 Å². The average molecular weight is 339 g/mol. The molecule has 3 rings (SSSR count). The standard InChI is InChI=1S/C19H18FN3O2/c1-13-4-6-15(7-5-13)18-17(23-12-25-18)19(24)22-8-2-3-14-9-16(20)11-21-10-14/h4-7,9-12H,2-3,8H2,1H3,(H,22,24). The van der Waals surface area contributed by atoms with Gasteiger partial charge in [-0.3, -0.25) is 9.78 Å². The van der Waals surface area contributed by atoms with Crippen molar-refractivity contribution in [2.75, 3.05) is 6.54 Å². The first kappa shape index (κ1) is 16.8. The van der Waals surface area contributed by atoms with E-state index in [0.717, 1.165) is 16.7 Å². The number of benzene rings is 1. The molecule has 1 N–H and O–H groups in total. The minimum atomic E-state index is -0.355. The van der Waals surface area contributed by atoms with Crippen LogP contribution >= 0.6 is 0 Å². The van der Waals surface area contributed by atoms with E-state index >= 15 is 0 Å². The molecule has 0 aliphatic heterocycles. The minimum Gasteiger partial charge on any atom is -0.443 e. The molecule has 0 saturated heterocycles. The summed E-state index contributed by atoms with van der Waals surface area (Å²) in [6.45, 7) is 2.45. The first-order chi connectivity index (χ1) is 12.1. The van der Waals surface area contributed by atoms with Crippen molar-refractivity contribution < 1.29 is 13.6 Å². The predicted molar refractivity (Wildman–Crippen MR) is 91.5 cm³/mol. The van der Waals surface area contributed by atoms with Crippen molar-refractivity contribution >= 4 is 5.91 Å². The molecular weight excluding hydrogens is 321 g/mol. The second-order valence-electron chi connectivity index (χ2n) is 5.77. The number of aryl methyl sites for hydroxylation is 2. The number of carbonyl (C=O) groups excluding carboxylic acids is 1. The lowest BCUT2D eigenvalue weighted by atomic mass is 10.1. The van der Waals surface area contributed by atoms with Crippen LogP contribution in [-0.4, -0.2) is 22.4 Å². The quantitative estimate of drug-likeness (QED) is 0.698. The fraction of sp³-hybridized carbons (Fsp3) is 0.211. The lowest BCUT2D eigenvalue weighted by Crippen LogP contribution is -2.25. The maximum absolute atomic E-state index is 13.1. The van der Waals surface area contributed by atoms with Gasteiger partial charge in [0.25, 0.3) is 5.91 Å². The third kappa shape index (κ3) is 4.29. The van der Waals surface area contributed by atoms with Gasteiger partial charge in [0.2, 0.25) is 0 Å². The Hall–Kier alpha value is -3.02. The SMILES string of the molecule is Cc1ccc(-c2ocnc2C(=O)NCCCc2cncc(F)c2)cc1. The van der Waals surface area contributed by atoms with Crippen LogP contribution in [0, 0.1) is 12.7 Å². The van der Waals surface area contributed by atoms with Crippen molar-refractivity contribution in [2.45, 2.75) is 19.8 Å². The number of rotatable bonds is 6. The van der Waals surface area contributed by atoms with Crippen molar-refractivity contribution in [3.63, 3.8) is 0 Å². The molecule has 0 aliphatic carbocycles. The van der Waals surface area contributed by atoms with Crippen LogP contribution in [0.2, 0.25) is 0 Å². The molecule has 0 bridgehead atoms. The highest BCUT2D eigenvalue weighted by molar-refractivity contribution is 5.97. The molecule has 1 amide bonds. The van der Waals surface area contributed by atoms with Gasteiger partial charge < -0.3 is 9.73 Å². The number of halogens is 1. The monoisotopic (exact) mass is 339 g/mol. The fourth-order valence-corrected chi connectivity index (χ4v) is 2.49. The number of hydrogen-bond acceptors (Lipinski definition) is 4. The smallest absolute Gasteiger partial charge is 0.273 e. The van der Waals surface area contributed by atoms with E-state index in [0.29, 0.717) is 25.1 Å². The van der Waals surface area contributed by atoms with Gasteiger partial charge in [0.05, 0.1) is 6.20 Å². The van der Waals surface area contributed by atoms with Gasteiger partial charge >= 0.3 is 0 Å².